The van der Waals surface area contributed by atoms with Crippen molar-refractivity contribution in [3.05, 3.63) is 119 Å². The zero-order valence-electron chi connectivity index (χ0n) is 33.5. The van der Waals surface area contributed by atoms with Gasteiger partial charge in [-0.2, -0.15) is 13.2 Å². The van der Waals surface area contributed by atoms with Crippen molar-refractivity contribution in [1.29, 1.82) is 0 Å². The number of nitrogens with zero attached hydrogens (tertiary/aromatic N) is 2. The molecule has 4 N–H and O–H groups in total. The van der Waals surface area contributed by atoms with Gasteiger partial charge in [-0.3, -0.25) is 19.2 Å². The molecule has 2 fully saturated rings. The molecule has 0 unspecified atom stereocenters. The van der Waals surface area contributed by atoms with Crippen LogP contribution in [0.3, 0.4) is 0 Å². The Morgan fingerprint density at radius 2 is 1.61 bits per heavy atom. The standard InChI is InChI=1S/C44H45F3N4O6S.CH3NO/c45-44(46,47)21-9-25-58(55,56)49-42(53)34-14-7-15-35(26-34)48-40(52)16-8-24-51-38-20-18-33(30-10-1-2-11-30)28-37(38)41(43(54)50-22-5-6-23-50)39(51)29-57-36-19-17-31-12-3-4-13-32(31)27-36;2-1-3/h3-4,7,9,12-15,17-21,26-28,30H,1-2,5-6,8,10-11,16,22-25,29H2,(H,48,52)(H,49,53);1H,(H2,2,3). The lowest BCUT2D eigenvalue weighted by atomic mass is 9.95. The van der Waals surface area contributed by atoms with Gasteiger partial charge in [-0.05, 0) is 96.8 Å². The molecular weight excluding hydrogens is 812 g/mol. The Morgan fingerprint density at radius 1 is 0.885 bits per heavy atom. The number of primary amides is 1. The van der Waals surface area contributed by atoms with Gasteiger partial charge in [0.05, 0.1) is 17.0 Å². The summed E-state index contributed by atoms with van der Waals surface area (Å²) in [5, 5.41) is 5.76. The van der Waals surface area contributed by atoms with E-state index in [1.165, 1.54) is 42.7 Å². The van der Waals surface area contributed by atoms with Gasteiger partial charge in [0.1, 0.15) is 12.4 Å². The van der Waals surface area contributed by atoms with Crippen molar-refractivity contribution < 1.29 is 45.5 Å². The number of carbonyl (C=O) groups is 4. The highest BCUT2D eigenvalue weighted by Gasteiger charge is 2.30. The van der Waals surface area contributed by atoms with Gasteiger partial charge in [-0.25, -0.2) is 13.1 Å². The smallest absolute Gasteiger partial charge is 0.409 e. The lowest BCUT2D eigenvalue weighted by Crippen LogP contribution is -2.32. The Morgan fingerprint density at radius 3 is 2.33 bits per heavy atom. The average molecular weight is 860 g/mol. The number of hydrogen-bond donors (Lipinski definition) is 3. The third-order valence-corrected chi connectivity index (χ3v) is 11.9. The van der Waals surface area contributed by atoms with E-state index in [0.717, 1.165) is 53.1 Å². The van der Waals surface area contributed by atoms with E-state index in [4.69, 9.17) is 9.53 Å². The van der Waals surface area contributed by atoms with Gasteiger partial charge < -0.3 is 25.3 Å². The molecule has 1 aliphatic heterocycles. The van der Waals surface area contributed by atoms with Crippen molar-refractivity contribution in [2.45, 2.75) is 76.6 Å². The van der Waals surface area contributed by atoms with Crippen molar-refractivity contribution >= 4 is 61.5 Å². The second-order valence-corrected chi connectivity index (χ2v) is 16.8. The van der Waals surface area contributed by atoms with Gasteiger partial charge in [0, 0.05) is 54.3 Å². The van der Waals surface area contributed by atoms with Gasteiger partial charge in [0.15, 0.2) is 0 Å². The van der Waals surface area contributed by atoms with E-state index < -0.39 is 27.9 Å². The SMILES string of the molecule is NC=O.O=C(CCCn1c(COc2ccc3ccccc3c2)c(C(=O)N2CCCC2)c2cc(C3CCCC3)ccc21)Nc1cccc(C(=O)NS(=O)(=O)CC=CC(F)(F)F)c1. The van der Waals surface area contributed by atoms with Gasteiger partial charge >= 0.3 is 6.18 Å². The molecule has 2 heterocycles. The van der Waals surface area contributed by atoms with Crippen LogP contribution in [-0.2, 0) is 32.8 Å². The summed E-state index contributed by atoms with van der Waals surface area (Å²) in [4.78, 5) is 50.8. The van der Waals surface area contributed by atoms with Crippen LogP contribution in [0.4, 0.5) is 18.9 Å². The molecule has 0 bridgehead atoms. The highest BCUT2D eigenvalue weighted by Crippen LogP contribution is 2.38. The number of carbonyl (C=O) groups excluding carboxylic acids is 4. The van der Waals surface area contributed by atoms with E-state index >= 15 is 0 Å². The summed E-state index contributed by atoms with van der Waals surface area (Å²) in [6.45, 7) is 1.92. The van der Waals surface area contributed by atoms with Crippen molar-refractivity contribution in [3.63, 3.8) is 0 Å². The maximum Gasteiger partial charge on any atom is 0.409 e. The van der Waals surface area contributed by atoms with Crippen LogP contribution < -0.4 is 20.5 Å². The second-order valence-electron chi connectivity index (χ2n) is 15.1. The number of benzene rings is 4. The van der Waals surface area contributed by atoms with Crippen LogP contribution in [-0.4, -0.2) is 67.0 Å². The number of likely N-dealkylation sites (tertiary alicyclic amines) is 1. The molecule has 2 aliphatic rings. The third-order valence-electron chi connectivity index (χ3n) is 10.8. The molecule has 1 aliphatic carbocycles. The molecule has 7 rings (SSSR count). The summed E-state index contributed by atoms with van der Waals surface area (Å²) >= 11 is 0. The molecule has 1 saturated carbocycles. The van der Waals surface area contributed by atoms with Crippen LogP contribution in [0.5, 0.6) is 5.75 Å². The van der Waals surface area contributed by atoms with Crippen LogP contribution >= 0.6 is 0 Å². The van der Waals surface area contributed by atoms with Crippen molar-refractivity contribution in [2.75, 3.05) is 24.2 Å². The topological polar surface area (TPSA) is 170 Å². The molecular formula is C45H48F3N5O7S. The highest BCUT2D eigenvalue weighted by molar-refractivity contribution is 7.90. The van der Waals surface area contributed by atoms with Gasteiger partial charge in [-0.1, -0.05) is 61.4 Å². The molecule has 0 atom stereocenters. The summed E-state index contributed by atoms with van der Waals surface area (Å²) in [6.07, 6.45) is 2.72. The molecule has 0 radical (unpaired) electrons. The van der Waals surface area contributed by atoms with E-state index in [1.807, 2.05) is 47.4 Å². The Kier molecular flexibility index (Phi) is 14.5. The van der Waals surface area contributed by atoms with Gasteiger partial charge in [-0.15, -0.1) is 0 Å². The third kappa shape index (κ3) is 11.8. The normalized spacial score (nSPS) is 14.6. The quantitative estimate of drug-likeness (QED) is 0.0752. The molecule has 1 saturated heterocycles. The lowest BCUT2D eigenvalue weighted by Gasteiger charge is -2.18. The zero-order chi connectivity index (χ0) is 43.6. The minimum atomic E-state index is -4.69. The van der Waals surface area contributed by atoms with E-state index in [9.17, 15) is 36.0 Å². The van der Waals surface area contributed by atoms with E-state index in [1.54, 1.807) is 4.72 Å². The van der Waals surface area contributed by atoms with E-state index in [-0.39, 0.29) is 48.6 Å². The van der Waals surface area contributed by atoms with Crippen LogP contribution in [0.2, 0.25) is 0 Å². The average Bonchev–Trinajstić information content (AvgIpc) is 4.02. The molecule has 12 nitrogen and oxygen atoms in total. The fraction of sp³-hybridized carbons (Fsp3) is 0.333. The number of halogens is 3. The first-order chi connectivity index (χ1) is 29.2. The number of sulfonamides is 1. The molecule has 4 amide bonds. The highest BCUT2D eigenvalue weighted by atomic mass is 32.2. The van der Waals surface area contributed by atoms with Crippen LogP contribution in [0.15, 0.2) is 97.1 Å². The number of aryl methyl sites for hydroxylation is 1. The largest absolute Gasteiger partial charge is 0.487 e. The number of aromatic nitrogens is 1. The number of anilines is 1. The number of nitrogens with one attached hydrogen (secondary N) is 2. The second kappa shape index (κ2) is 19.9. The van der Waals surface area contributed by atoms with Gasteiger partial charge in [0.2, 0.25) is 22.3 Å². The van der Waals surface area contributed by atoms with E-state index in [2.05, 4.69) is 33.8 Å². The minimum Gasteiger partial charge on any atom is -0.487 e. The Bertz CT molecular complexity index is 2530. The number of allylic oxidation sites excluding steroid dienone is 1. The fourth-order valence-corrected chi connectivity index (χ4v) is 8.81. The molecule has 61 heavy (non-hydrogen) atoms. The summed E-state index contributed by atoms with van der Waals surface area (Å²) in [5.41, 5.74) is 7.79. The molecule has 322 valence electrons. The Labute approximate surface area is 352 Å². The molecule has 16 heteroatoms. The van der Waals surface area contributed by atoms with Crippen LogP contribution in [0, 0.1) is 0 Å². The maximum atomic E-state index is 14.4. The number of alkyl halides is 3. The first kappa shape index (κ1) is 44.4. The molecule has 1 aromatic heterocycles. The predicted molar refractivity (Wildman–Crippen MR) is 228 cm³/mol. The van der Waals surface area contributed by atoms with Crippen molar-refractivity contribution in [1.82, 2.24) is 14.2 Å². The lowest BCUT2D eigenvalue weighted by molar-refractivity contribution is -0.116. The maximum absolute atomic E-state index is 14.4. The summed E-state index contributed by atoms with van der Waals surface area (Å²) < 4.78 is 71.9. The summed E-state index contributed by atoms with van der Waals surface area (Å²) in [7, 11) is -4.40. The fourth-order valence-electron chi connectivity index (χ4n) is 7.98. The number of hydrogen-bond acceptors (Lipinski definition) is 7. The van der Waals surface area contributed by atoms with Crippen LogP contribution in [0.1, 0.15) is 89.3 Å². The summed E-state index contributed by atoms with van der Waals surface area (Å²) in [5.74, 6) is -1.35. The Balaban J connectivity index is 0.00000201. The predicted octanol–water partition coefficient (Wildman–Crippen LogP) is 7.97. The minimum absolute atomic E-state index is 0.0193. The Hall–Kier alpha value is -6.16. The monoisotopic (exact) mass is 859 g/mol. The van der Waals surface area contributed by atoms with Crippen LogP contribution in [0.25, 0.3) is 21.7 Å². The first-order valence-corrected chi connectivity index (χ1v) is 21.8. The number of ether oxygens (including phenoxy) is 1. The number of nitrogens with two attached hydrogens (primary N) is 1. The van der Waals surface area contributed by atoms with Crippen molar-refractivity contribution in [2.24, 2.45) is 5.73 Å². The van der Waals surface area contributed by atoms with Crippen molar-refractivity contribution in [3.8, 4) is 5.75 Å². The van der Waals surface area contributed by atoms with E-state index in [0.29, 0.717) is 49.4 Å². The number of rotatable bonds is 14. The summed E-state index contributed by atoms with van der Waals surface area (Å²) in [6, 6.07) is 26.0. The molecule has 5 aromatic rings. The molecule has 4 aromatic carbocycles. The van der Waals surface area contributed by atoms with Gasteiger partial charge in [0.25, 0.3) is 11.8 Å². The first-order valence-electron chi connectivity index (χ1n) is 20.2. The molecule has 0 spiro atoms. The number of fused-ring (bicyclic) bond motifs is 2. The zero-order valence-corrected chi connectivity index (χ0v) is 34.3. The number of amides is 4.